The van der Waals surface area contributed by atoms with Gasteiger partial charge in [-0.2, -0.15) is 10.2 Å². The van der Waals surface area contributed by atoms with Crippen molar-refractivity contribution in [3.63, 3.8) is 0 Å². The van der Waals surface area contributed by atoms with Crippen LogP contribution in [0, 0.1) is 11.6 Å². The van der Waals surface area contributed by atoms with Crippen molar-refractivity contribution >= 4 is 27.6 Å². The van der Waals surface area contributed by atoms with Gasteiger partial charge in [0.15, 0.2) is 11.6 Å². The third-order valence-corrected chi connectivity index (χ3v) is 4.84. The number of aromatic amines is 2. The van der Waals surface area contributed by atoms with Gasteiger partial charge in [-0.25, -0.2) is 13.9 Å². The first-order valence-corrected chi connectivity index (χ1v) is 8.44. The number of carbonyl (C=O) groups excluding carboxylic acids is 1. The van der Waals surface area contributed by atoms with Crippen LogP contribution in [0.15, 0.2) is 41.3 Å². The van der Waals surface area contributed by atoms with Crippen LogP contribution in [0.5, 0.6) is 0 Å². The fourth-order valence-electron chi connectivity index (χ4n) is 3.13. The van der Waals surface area contributed by atoms with Crippen LogP contribution in [0.4, 0.5) is 8.78 Å². The maximum atomic E-state index is 13.8. The summed E-state index contributed by atoms with van der Waals surface area (Å²) < 4.78 is 27.3. The predicted octanol–water partition coefficient (Wildman–Crippen LogP) is 2.91. The van der Waals surface area contributed by atoms with Crippen LogP contribution in [0.3, 0.4) is 0 Å². The minimum Gasteiger partial charge on any atom is -0.333 e. The zero-order valence-corrected chi connectivity index (χ0v) is 15.0. The molecule has 1 amide bonds. The number of halogens is 2. The van der Waals surface area contributed by atoms with E-state index >= 15 is 0 Å². The monoisotopic (exact) mass is 383 g/mol. The summed E-state index contributed by atoms with van der Waals surface area (Å²) in [4.78, 5) is 26.3. The van der Waals surface area contributed by atoms with Crippen LogP contribution in [-0.4, -0.2) is 38.2 Å². The number of rotatable bonds is 3. The minimum absolute atomic E-state index is 0.0320. The molecule has 2 heterocycles. The molecule has 1 atom stereocenters. The highest BCUT2D eigenvalue weighted by molar-refractivity contribution is 5.98. The molecule has 0 aliphatic rings. The maximum Gasteiger partial charge on any atom is 0.272 e. The number of hydrogen-bond donors (Lipinski definition) is 2. The first-order valence-electron chi connectivity index (χ1n) is 8.44. The molecule has 0 fully saturated rings. The van der Waals surface area contributed by atoms with Crippen LogP contribution in [-0.2, 0) is 0 Å². The van der Waals surface area contributed by atoms with Crippen LogP contribution in [0.1, 0.15) is 29.0 Å². The van der Waals surface area contributed by atoms with E-state index < -0.39 is 23.2 Å². The number of carbonyl (C=O) groups is 1. The summed E-state index contributed by atoms with van der Waals surface area (Å²) in [5.74, 6) is -2.51. The fraction of sp³-hybridized carbons (Fsp3) is 0.158. The van der Waals surface area contributed by atoms with Crippen molar-refractivity contribution in [1.82, 2.24) is 25.3 Å². The van der Waals surface area contributed by atoms with Gasteiger partial charge in [0.05, 0.1) is 28.8 Å². The number of nitrogens with zero attached hydrogens (tertiary/aromatic N) is 3. The van der Waals surface area contributed by atoms with Gasteiger partial charge in [-0.1, -0.05) is 6.07 Å². The number of benzene rings is 2. The van der Waals surface area contributed by atoms with Crippen molar-refractivity contribution in [2.45, 2.75) is 13.0 Å². The first kappa shape index (κ1) is 17.8. The number of amides is 1. The molecule has 2 N–H and O–H groups in total. The van der Waals surface area contributed by atoms with E-state index in [4.69, 9.17) is 0 Å². The lowest BCUT2D eigenvalue weighted by Gasteiger charge is -2.25. The molecule has 0 saturated carbocycles. The standard InChI is InChI=1S/C19H15F2N5O2/c1-9(17-12-6-14(20)15(21)7-13(12)18(27)25-24-17)26(2)19(28)10-3-4-11-8-22-23-16(11)5-10/h3-9H,1-2H3,(H,22,23)(H,25,27)/t9-/m1/s1. The van der Waals surface area contributed by atoms with Crippen molar-refractivity contribution in [1.29, 1.82) is 0 Å². The molecule has 0 aliphatic carbocycles. The van der Waals surface area contributed by atoms with Gasteiger partial charge in [0, 0.05) is 23.4 Å². The van der Waals surface area contributed by atoms with Crippen LogP contribution in [0.25, 0.3) is 21.7 Å². The molecule has 0 saturated heterocycles. The van der Waals surface area contributed by atoms with Crippen LogP contribution < -0.4 is 5.56 Å². The molecule has 0 spiro atoms. The number of hydrogen-bond acceptors (Lipinski definition) is 4. The highest BCUT2D eigenvalue weighted by Gasteiger charge is 2.24. The Morgan fingerprint density at radius 2 is 1.82 bits per heavy atom. The zero-order chi connectivity index (χ0) is 20.0. The van der Waals surface area contributed by atoms with Gasteiger partial charge < -0.3 is 4.90 Å². The Morgan fingerprint density at radius 1 is 1.11 bits per heavy atom. The molecular weight excluding hydrogens is 368 g/mol. The van der Waals surface area contributed by atoms with E-state index in [9.17, 15) is 18.4 Å². The van der Waals surface area contributed by atoms with E-state index in [1.54, 1.807) is 38.4 Å². The van der Waals surface area contributed by atoms with Crippen molar-refractivity contribution in [3.05, 3.63) is 69.8 Å². The van der Waals surface area contributed by atoms with E-state index in [1.807, 2.05) is 0 Å². The fourth-order valence-corrected chi connectivity index (χ4v) is 3.13. The predicted molar refractivity (Wildman–Crippen MR) is 98.9 cm³/mol. The Bertz CT molecular complexity index is 1280. The van der Waals surface area contributed by atoms with Gasteiger partial charge in [0.1, 0.15) is 0 Å². The lowest BCUT2D eigenvalue weighted by atomic mass is 10.0. The Morgan fingerprint density at radius 3 is 2.57 bits per heavy atom. The van der Waals surface area contributed by atoms with Crippen LogP contribution in [0.2, 0.25) is 0 Å². The van der Waals surface area contributed by atoms with Gasteiger partial charge in [-0.3, -0.25) is 14.7 Å². The molecule has 0 unspecified atom stereocenters. The molecule has 28 heavy (non-hydrogen) atoms. The minimum atomic E-state index is -1.12. The van der Waals surface area contributed by atoms with Gasteiger partial charge in [-0.05, 0) is 31.2 Å². The summed E-state index contributed by atoms with van der Waals surface area (Å²) in [5.41, 5.74) is 0.768. The highest BCUT2D eigenvalue weighted by atomic mass is 19.2. The highest BCUT2D eigenvalue weighted by Crippen LogP contribution is 2.26. The second-order valence-electron chi connectivity index (χ2n) is 6.51. The maximum absolute atomic E-state index is 13.8. The second kappa shape index (κ2) is 6.52. The normalized spacial score (nSPS) is 12.4. The Hall–Kier alpha value is -3.62. The number of nitrogens with one attached hydrogen (secondary N) is 2. The zero-order valence-electron chi connectivity index (χ0n) is 15.0. The molecule has 0 aliphatic heterocycles. The molecule has 4 rings (SSSR count). The quantitative estimate of drug-likeness (QED) is 0.569. The summed E-state index contributed by atoms with van der Waals surface area (Å²) in [7, 11) is 1.57. The van der Waals surface area contributed by atoms with Crippen molar-refractivity contribution in [2.24, 2.45) is 0 Å². The van der Waals surface area contributed by atoms with E-state index in [0.717, 1.165) is 23.0 Å². The van der Waals surface area contributed by atoms with Crippen molar-refractivity contribution in [2.75, 3.05) is 7.05 Å². The Labute approximate surface area is 157 Å². The smallest absolute Gasteiger partial charge is 0.272 e. The summed E-state index contributed by atoms with van der Waals surface area (Å²) in [6, 6.07) is 6.27. The molecule has 2 aromatic heterocycles. The first-order chi connectivity index (χ1) is 13.4. The molecule has 2 aromatic carbocycles. The topological polar surface area (TPSA) is 94.7 Å². The van der Waals surface area contributed by atoms with E-state index in [-0.39, 0.29) is 22.4 Å². The van der Waals surface area contributed by atoms with Gasteiger partial charge >= 0.3 is 0 Å². The summed E-state index contributed by atoms with van der Waals surface area (Å²) >= 11 is 0. The average Bonchev–Trinajstić information content (AvgIpc) is 3.16. The Balaban J connectivity index is 1.75. The molecule has 0 radical (unpaired) electrons. The largest absolute Gasteiger partial charge is 0.333 e. The van der Waals surface area contributed by atoms with Gasteiger partial charge in [0.2, 0.25) is 0 Å². The number of H-pyrrole nitrogens is 2. The van der Waals surface area contributed by atoms with Gasteiger partial charge in [0.25, 0.3) is 11.5 Å². The van der Waals surface area contributed by atoms with Gasteiger partial charge in [-0.15, -0.1) is 0 Å². The molecule has 0 bridgehead atoms. The third-order valence-electron chi connectivity index (χ3n) is 4.84. The van der Waals surface area contributed by atoms with Crippen molar-refractivity contribution in [3.8, 4) is 0 Å². The lowest BCUT2D eigenvalue weighted by molar-refractivity contribution is 0.0740. The Kier molecular flexibility index (Phi) is 4.14. The molecule has 7 nitrogen and oxygen atoms in total. The van der Waals surface area contributed by atoms with E-state index in [2.05, 4.69) is 20.4 Å². The molecule has 4 aromatic rings. The third kappa shape index (κ3) is 2.81. The molecular formula is C19H15F2N5O2. The van der Waals surface area contributed by atoms with E-state index in [1.165, 1.54) is 4.90 Å². The van der Waals surface area contributed by atoms with Crippen molar-refractivity contribution < 1.29 is 13.6 Å². The second-order valence-corrected chi connectivity index (χ2v) is 6.51. The lowest BCUT2D eigenvalue weighted by Crippen LogP contribution is -2.31. The summed E-state index contributed by atoms with van der Waals surface area (Å²) in [5, 5.41) is 14.0. The van der Waals surface area contributed by atoms with Crippen LogP contribution >= 0.6 is 0 Å². The summed E-state index contributed by atoms with van der Waals surface area (Å²) in [6.07, 6.45) is 1.65. The summed E-state index contributed by atoms with van der Waals surface area (Å²) in [6.45, 7) is 1.69. The number of aromatic nitrogens is 4. The van der Waals surface area contributed by atoms with E-state index in [0.29, 0.717) is 5.56 Å². The average molecular weight is 383 g/mol. The SMILES string of the molecule is C[C@H](c1n[nH]c(=O)c2cc(F)c(F)cc12)N(C)C(=O)c1ccc2cn[nH]c2c1. The molecule has 9 heteroatoms. The number of fused-ring (bicyclic) bond motifs is 2. The molecule has 142 valence electrons.